The maximum absolute atomic E-state index is 12.4. The molecule has 0 atom stereocenters. The number of aromatic nitrogens is 1. The van der Waals surface area contributed by atoms with Crippen molar-refractivity contribution in [3.05, 3.63) is 36.0 Å². The van der Waals surface area contributed by atoms with E-state index in [9.17, 15) is 4.79 Å². The number of aromatic amines is 1. The van der Waals surface area contributed by atoms with Gasteiger partial charge in [-0.05, 0) is 30.4 Å². The molecule has 6 nitrogen and oxygen atoms in total. The standard InChI is InChI=1S/C20H28N4O2/c25-20(21-8-5-17-15-16-3-1-2-4-19(16)22-17)24-11-9-23(10-12-24)18-6-13-26-14-7-18/h1-4,15,18,22H,5-14H2,(H,21,25). The molecule has 2 amide bonds. The Morgan fingerprint density at radius 3 is 2.69 bits per heavy atom. The second-order valence-corrected chi connectivity index (χ2v) is 7.23. The Morgan fingerprint density at radius 1 is 1.15 bits per heavy atom. The van der Waals surface area contributed by atoms with Gasteiger partial charge in [-0.2, -0.15) is 0 Å². The minimum absolute atomic E-state index is 0.0627. The van der Waals surface area contributed by atoms with E-state index in [0.29, 0.717) is 12.6 Å². The molecule has 6 heteroatoms. The number of nitrogens with one attached hydrogen (secondary N) is 2. The van der Waals surface area contributed by atoms with Crippen LogP contribution in [0.3, 0.4) is 0 Å². The highest BCUT2D eigenvalue weighted by atomic mass is 16.5. The zero-order valence-corrected chi connectivity index (χ0v) is 15.2. The summed E-state index contributed by atoms with van der Waals surface area (Å²) in [5.74, 6) is 0. The van der Waals surface area contributed by atoms with Crippen LogP contribution in [0.5, 0.6) is 0 Å². The molecule has 0 aliphatic carbocycles. The van der Waals surface area contributed by atoms with Gasteiger partial charge in [-0.15, -0.1) is 0 Å². The number of para-hydroxylation sites is 1. The molecule has 0 bridgehead atoms. The number of ether oxygens (including phenoxy) is 1. The first-order chi connectivity index (χ1) is 12.8. The van der Waals surface area contributed by atoms with Gasteiger partial charge in [0.1, 0.15) is 0 Å². The molecule has 0 unspecified atom stereocenters. The number of piperazine rings is 1. The van der Waals surface area contributed by atoms with Crippen LogP contribution in [0.15, 0.2) is 30.3 Å². The molecule has 1 aromatic carbocycles. The van der Waals surface area contributed by atoms with Crippen LogP contribution in [0.2, 0.25) is 0 Å². The molecule has 2 N–H and O–H groups in total. The number of carbonyl (C=O) groups excluding carboxylic acids is 1. The Labute approximate surface area is 154 Å². The number of nitrogens with zero attached hydrogens (tertiary/aromatic N) is 2. The summed E-state index contributed by atoms with van der Waals surface area (Å²) in [6, 6.07) is 11.1. The first kappa shape index (κ1) is 17.4. The number of benzene rings is 1. The van der Waals surface area contributed by atoms with Crippen LogP contribution in [0.25, 0.3) is 10.9 Å². The summed E-state index contributed by atoms with van der Waals surface area (Å²) in [5.41, 5.74) is 2.31. The number of urea groups is 1. The molecular weight excluding hydrogens is 328 g/mol. The van der Waals surface area contributed by atoms with Crippen molar-refractivity contribution in [2.24, 2.45) is 0 Å². The number of amides is 2. The summed E-state index contributed by atoms with van der Waals surface area (Å²) in [6.45, 7) is 5.98. The van der Waals surface area contributed by atoms with Gasteiger partial charge in [0.2, 0.25) is 0 Å². The molecule has 2 aromatic rings. The highest BCUT2D eigenvalue weighted by Crippen LogP contribution is 2.17. The summed E-state index contributed by atoms with van der Waals surface area (Å²) in [4.78, 5) is 20.3. The van der Waals surface area contributed by atoms with Crippen molar-refractivity contribution in [3.8, 4) is 0 Å². The molecule has 2 aliphatic heterocycles. The summed E-state index contributed by atoms with van der Waals surface area (Å²) in [6.07, 6.45) is 3.07. The molecule has 2 saturated heterocycles. The van der Waals surface area contributed by atoms with Gasteiger partial charge in [0.25, 0.3) is 0 Å². The van der Waals surface area contributed by atoms with Crippen LogP contribution in [0.1, 0.15) is 18.5 Å². The Morgan fingerprint density at radius 2 is 1.92 bits per heavy atom. The summed E-state index contributed by atoms with van der Waals surface area (Å²) < 4.78 is 5.45. The van der Waals surface area contributed by atoms with Gasteiger partial charge in [0.15, 0.2) is 0 Å². The van der Waals surface area contributed by atoms with Gasteiger partial charge in [0.05, 0.1) is 0 Å². The maximum Gasteiger partial charge on any atom is 0.317 e. The lowest BCUT2D eigenvalue weighted by molar-refractivity contribution is 0.0187. The predicted octanol–water partition coefficient (Wildman–Crippen LogP) is 2.22. The third kappa shape index (κ3) is 4.02. The summed E-state index contributed by atoms with van der Waals surface area (Å²) >= 11 is 0. The fourth-order valence-electron chi connectivity index (χ4n) is 4.02. The van der Waals surface area contributed by atoms with Gasteiger partial charge in [-0.1, -0.05) is 18.2 Å². The Kier molecular flexibility index (Phi) is 5.41. The van der Waals surface area contributed by atoms with E-state index < -0.39 is 0 Å². The highest BCUT2D eigenvalue weighted by molar-refractivity contribution is 5.80. The molecule has 140 valence electrons. The van der Waals surface area contributed by atoms with E-state index in [0.717, 1.165) is 69.9 Å². The SMILES string of the molecule is O=C(NCCc1cc2ccccc2[nH]1)N1CCN(C2CCOCC2)CC1. The molecule has 1 aromatic heterocycles. The fraction of sp³-hybridized carbons (Fsp3) is 0.550. The van der Waals surface area contributed by atoms with Crippen molar-refractivity contribution in [3.63, 3.8) is 0 Å². The maximum atomic E-state index is 12.4. The van der Waals surface area contributed by atoms with E-state index >= 15 is 0 Å². The zero-order chi connectivity index (χ0) is 17.8. The average molecular weight is 356 g/mol. The minimum atomic E-state index is 0.0627. The van der Waals surface area contributed by atoms with E-state index in [4.69, 9.17) is 4.74 Å². The lowest BCUT2D eigenvalue weighted by Gasteiger charge is -2.40. The quantitative estimate of drug-likeness (QED) is 0.883. The largest absolute Gasteiger partial charge is 0.381 e. The molecule has 2 aliphatic rings. The van der Waals surface area contributed by atoms with Gasteiger partial charge in [0, 0.05) is 69.6 Å². The first-order valence-electron chi connectivity index (χ1n) is 9.71. The van der Waals surface area contributed by atoms with E-state index in [1.54, 1.807) is 0 Å². The van der Waals surface area contributed by atoms with E-state index in [-0.39, 0.29) is 6.03 Å². The number of hydrogen-bond acceptors (Lipinski definition) is 3. The molecular formula is C20H28N4O2. The molecule has 0 spiro atoms. The van der Waals surface area contributed by atoms with Crippen molar-refractivity contribution >= 4 is 16.9 Å². The predicted molar refractivity (Wildman–Crippen MR) is 102 cm³/mol. The third-order valence-electron chi connectivity index (χ3n) is 5.57. The smallest absolute Gasteiger partial charge is 0.317 e. The van der Waals surface area contributed by atoms with Gasteiger partial charge in [-0.25, -0.2) is 4.79 Å². The van der Waals surface area contributed by atoms with Gasteiger partial charge in [-0.3, -0.25) is 4.90 Å². The molecule has 0 saturated carbocycles. The van der Waals surface area contributed by atoms with Crippen LogP contribution in [-0.2, 0) is 11.2 Å². The van der Waals surface area contributed by atoms with Crippen molar-refractivity contribution < 1.29 is 9.53 Å². The van der Waals surface area contributed by atoms with Crippen LogP contribution in [0, 0.1) is 0 Å². The topological polar surface area (TPSA) is 60.6 Å². The van der Waals surface area contributed by atoms with E-state index in [1.165, 1.54) is 5.39 Å². The lowest BCUT2D eigenvalue weighted by Crippen LogP contribution is -2.55. The van der Waals surface area contributed by atoms with E-state index in [2.05, 4.69) is 33.4 Å². The number of H-pyrrole nitrogens is 1. The Bertz CT molecular complexity index is 697. The number of fused-ring (bicyclic) bond motifs is 1. The van der Waals surface area contributed by atoms with Gasteiger partial charge >= 0.3 is 6.03 Å². The molecule has 26 heavy (non-hydrogen) atoms. The fourth-order valence-corrected chi connectivity index (χ4v) is 4.02. The second-order valence-electron chi connectivity index (χ2n) is 7.23. The van der Waals surface area contributed by atoms with Crippen molar-refractivity contribution in [1.29, 1.82) is 0 Å². The van der Waals surface area contributed by atoms with Crippen molar-refractivity contribution in [2.75, 3.05) is 45.9 Å². The number of hydrogen-bond donors (Lipinski definition) is 2. The highest BCUT2D eigenvalue weighted by Gasteiger charge is 2.27. The molecule has 2 fully saturated rings. The molecule has 3 heterocycles. The van der Waals surface area contributed by atoms with Crippen LogP contribution < -0.4 is 5.32 Å². The normalized spacial score (nSPS) is 19.8. The van der Waals surface area contributed by atoms with Gasteiger partial charge < -0.3 is 19.9 Å². The Balaban J connectivity index is 1.20. The van der Waals surface area contributed by atoms with Crippen molar-refractivity contribution in [2.45, 2.75) is 25.3 Å². The minimum Gasteiger partial charge on any atom is -0.381 e. The number of rotatable bonds is 4. The van der Waals surface area contributed by atoms with Crippen LogP contribution in [0.4, 0.5) is 4.79 Å². The second kappa shape index (κ2) is 8.10. The molecule has 4 rings (SSSR count). The third-order valence-corrected chi connectivity index (χ3v) is 5.57. The zero-order valence-electron chi connectivity index (χ0n) is 15.2. The lowest BCUT2D eigenvalue weighted by atomic mass is 10.1. The summed E-state index contributed by atoms with van der Waals surface area (Å²) in [7, 11) is 0. The van der Waals surface area contributed by atoms with Crippen LogP contribution in [-0.4, -0.2) is 72.8 Å². The first-order valence-corrected chi connectivity index (χ1v) is 9.71. The number of carbonyl (C=O) groups is 1. The average Bonchev–Trinajstić information content (AvgIpc) is 3.11. The van der Waals surface area contributed by atoms with Crippen molar-refractivity contribution in [1.82, 2.24) is 20.1 Å². The summed E-state index contributed by atoms with van der Waals surface area (Å²) in [5, 5.41) is 4.29. The Hall–Kier alpha value is -2.05. The van der Waals surface area contributed by atoms with E-state index in [1.807, 2.05) is 17.0 Å². The van der Waals surface area contributed by atoms with Crippen LogP contribution >= 0.6 is 0 Å². The monoisotopic (exact) mass is 356 g/mol. The molecule has 0 radical (unpaired) electrons.